The number of hydrogen-bond acceptors (Lipinski definition) is 4. The van der Waals surface area contributed by atoms with E-state index in [1.807, 2.05) is 25.1 Å². The Kier molecular flexibility index (Phi) is 9.44. The van der Waals surface area contributed by atoms with E-state index in [0.29, 0.717) is 37.0 Å². The van der Waals surface area contributed by atoms with Crippen LogP contribution in [0, 0.1) is 0 Å². The summed E-state index contributed by atoms with van der Waals surface area (Å²) in [5, 5.41) is 9.21. The Morgan fingerprint density at radius 1 is 1.18 bits per heavy atom. The lowest BCUT2D eigenvalue weighted by molar-refractivity contribution is 0.0955. The summed E-state index contributed by atoms with van der Waals surface area (Å²) in [4.78, 5) is 20.4. The van der Waals surface area contributed by atoms with Gasteiger partial charge in [0.25, 0.3) is 5.91 Å². The number of benzene rings is 1. The molecular weight excluding hydrogens is 469 g/mol. The molecule has 154 valence electrons. The van der Waals surface area contributed by atoms with Crippen LogP contribution in [-0.4, -0.2) is 30.4 Å². The zero-order valence-electron chi connectivity index (χ0n) is 17.1. The first-order chi connectivity index (χ1) is 12.8. The number of rotatable bonds is 6. The van der Waals surface area contributed by atoms with Crippen molar-refractivity contribution >= 4 is 35.8 Å². The molecule has 0 saturated carbocycles. The lowest BCUT2D eigenvalue weighted by Gasteiger charge is -2.13. The van der Waals surface area contributed by atoms with E-state index in [4.69, 9.17) is 4.42 Å². The summed E-state index contributed by atoms with van der Waals surface area (Å²) >= 11 is 0. The van der Waals surface area contributed by atoms with Gasteiger partial charge in [-0.2, -0.15) is 0 Å². The van der Waals surface area contributed by atoms with Crippen LogP contribution < -0.4 is 16.0 Å². The van der Waals surface area contributed by atoms with Crippen molar-refractivity contribution in [2.45, 2.75) is 46.2 Å². The van der Waals surface area contributed by atoms with Crippen molar-refractivity contribution in [2.75, 3.05) is 13.6 Å². The fraction of sp³-hybridized carbons (Fsp3) is 0.450. The fourth-order valence-corrected chi connectivity index (χ4v) is 2.39. The Bertz CT molecular complexity index is 796. The van der Waals surface area contributed by atoms with Crippen molar-refractivity contribution in [1.82, 2.24) is 20.9 Å². The second kappa shape index (κ2) is 11.0. The Morgan fingerprint density at radius 2 is 1.89 bits per heavy atom. The summed E-state index contributed by atoms with van der Waals surface area (Å²) in [7, 11) is 1.70. The Balaban J connectivity index is 0.00000392. The van der Waals surface area contributed by atoms with Gasteiger partial charge in [-0.15, -0.1) is 24.0 Å². The standard InChI is InChI=1S/C20H29N5O2.HI/c1-6-22-18(26)15-9-7-8-14(10-15)11-24-19(21-5)25-13-17-23-12-16(27-17)20(2,3)4;/h7-10,12H,6,11,13H2,1-5H3,(H,22,26)(H2,21,24,25);1H. The Labute approximate surface area is 183 Å². The maximum absolute atomic E-state index is 11.9. The summed E-state index contributed by atoms with van der Waals surface area (Å²) in [6, 6.07) is 7.51. The first kappa shape index (κ1) is 23.9. The quantitative estimate of drug-likeness (QED) is 0.323. The van der Waals surface area contributed by atoms with Crippen LogP contribution in [0.15, 0.2) is 39.9 Å². The maximum atomic E-state index is 11.9. The molecule has 0 aliphatic carbocycles. The number of guanidine groups is 1. The molecule has 8 heteroatoms. The molecule has 0 radical (unpaired) electrons. The molecule has 0 spiro atoms. The molecule has 7 nitrogen and oxygen atoms in total. The number of carbonyl (C=O) groups excluding carboxylic acids is 1. The molecule has 2 aromatic rings. The fourth-order valence-electron chi connectivity index (χ4n) is 2.39. The molecule has 0 fully saturated rings. The van der Waals surface area contributed by atoms with Crippen LogP contribution in [0.3, 0.4) is 0 Å². The third-order valence-corrected chi connectivity index (χ3v) is 3.91. The van der Waals surface area contributed by atoms with Crippen LogP contribution in [0.25, 0.3) is 0 Å². The third kappa shape index (κ3) is 7.14. The van der Waals surface area contributed by atoms with Gasteiger partial charge in [0.15, 0.2) is 5.96 Å². The summed E-state index contributed by atoms with van der Waals surface area (Å²) in [6.07, 6.45) is 1.76. The minimum absolute atomic E-state index is 0. The molecule has 1 amide bonds. The average Bonchev–Trinajstić information content (AvgIpc) is 3.12. The van der Waals surface area contributed by atoms with Gasteiger partial charge in [0.2, 0.25) is 5.89 Å². The van der Waals surface area contributed by atoms with Crippen LogP contribution in [0.4, 0.5) is 0 Å². The topological polar surface area (TPSA) is 91.5 Å². The smallest absolute Gasteiger partial charge is 0.251 e. The lowest BCUT2D eigenvalue weighted by atomic mass is 9.94. The second-order valence-electron chi connectivity index (χ2n) is 7.21. The van der Waals surface area contributed by atoms with Crippen molar-refractivity contribution in [3.8, 4) is 0 Å². The second-order valence-corrected chi connectivity index (χ2v) is 7.21. The highest BCUT2D eigenvalue weighted by atomic mass is 127. The molecule has 0 atom stereocenters. The molecule has 1 aromatic carbocycles. The van der Waals surface area contributed by atoms with E-state index in [0.717, 1.165) is 11.3 Å². The van der Waals surface area contributed by atoms with E-state index in [-0.39, 0.29) is 35.3 Å². The first-order valence-electron chi connectivity index (χ1n) is 9.10. The van der Waals surface area contributed by atoms with Crippen molar-refractivity contribution in [1.29, 1.82) is 0 Å². The third-order valence-electron chi connectivity index (χ3n) is 3.91. The normalized spacial score (nSPS) is 11.5. The van der Waals surface area contributed by atoms with Crippen LogP contribution in [0.1, 0.15) is 55.3 Å². The van der Waals surface area contributed by atoms with Crippen molar-refractivity contribution < 1.29 is 9.21 Å². The molecular formula is C20H30IN5O2. The highest BCUT2D eigenvalue weighted by Crippen LogP contribution is 2.22. The zero-order valence-corrected chi connectivity index (χ0v) is 19.5. The lowest BCUT2D eigenvalue weighted by Crippen LogP contribution is -2.36. The number of carbonyl (C=O) groups is 1. The SMILES string of the molecule is CCNC(=O)c1cccc(CNC(=NC)NCc2ncc(C(C)(C)C)o2)c1.I. The molecule has 1 heterocycles. The molecule has 0 aliphatic heterocycles. The number of amides is 1. The Hall–Kier alpha value is -2.10. The van der Waals surface area contributed by atoms with Crippen LogP contribution in [0.5, 0.6) is 0 Å². The van der Waals surface area contributed by atoms with Crippen LogP contribution in [0.2, 0.25) is 0 Å². The van der Waals surface area contributed by atoms with Crippen molar-refractivity contribution in [2.24, 2.45) is 4.99 Å². The molecule has 0 saturated heterocycles. The van der Waals surface area contributed by atoms with E-state index in [2.05, 4.69) is 46.7 Å². The summed E-state index contributed by atoms with van der Waals surface area (Å²) in [6.45, 7) is 9.74. The number of oxazole rings is 1. The largest absolute Gasteiger partial charge is 0.443 e. The number of aliphatic imine (C=N–C) groups is 1. The van der Waals surface area contributed by atoms with Gasteiger partial charge in [-0.25, -0.2) is 4.98 Å². The predicted octanol–water partition coefficient (Wildman–Crippen LogP) is 3.21. The highest BCUT2D eigenvalue weighted by molar-refractivity contribution is 14.0. The molecule has 0 bridgehead atoms. The molecule has 0 unspecified atom stereocenters. The number of nitrogens with zero attached hydrogens (tertiary/aromatic N) is 2. The number of aromatic nitrogens is 1. The first-order valence-corrected chi connectivity index (χ1v) is 9.10. The van der Waals surface area contributed by atoms with Crippen molar-refractivity contribution in [3.63, 3.8) is 0 Å². The highest BCUT2D eigenvalue weighted by Gasteiger charge is 2.19. The van der Waals surface area contributed by atoms with Gasteiger partial charge in [-0.3, -0.25) is 9.79 Å². The van der Waals surface area contributed by atoms with Gasteiger partial charge in [-0.1, -0.05) is 32.9 Å². The summed E-state index contributed by atoms with van der Waals surface area (Å²) in [5.74, 6) is 2.03. The van der Waals surface area contributed by atoms with E-state index in [1.165, 1.54) is 0 Å². The average molecular weight is 499 g/mol. The van der Waals surface area contributed by atoms with E-state index in [9.17, 15) is 4.79 Å². The number of nitrogens with one attached hydrogen (secondary N) is 3. The molecule has 0 aliphatic rings. The van der Waals surface area contributed by atoms with Gasteiger partial charge in [-0.05, 0) is 24.6 Å². The molecule has 28 heavy (non-hydrogen) atoms. The van der Waals surface area contributed by atoms with Crippen LogP contribution >= 0.6 is 24.0 Å². The molecule has 2 rings (SSSR count). The van der Waals surface area contributed by atoms with Crippen molar-refractivity contribution in [3.05, 3.63) is 53.2 Å². The predicted molar refractivity (Wildman–Crippen MR) is 122 cm³/mol. The number of hydrogen-bond donors (Lipinski definition) is 3. The zero-order chi connectivity index (χ0) is 19.9. The number of halogens is 1. The van der Waals surface area contributed by atoms with E-state index < -0.39 is 0 Å². The van der Waals surface area contributed by atoms with E-state index >= 15 is 0 Å². The minimum atomic E-state index is -0.0692. The van der Waals surface area contributed by atoms with Gasteiger partial charge < -0.3 is 20.4 Å². The molecule has 1 aromatic heterocycles. The van der Waals surface area contributed by atoms with Gasteiger partial charge in [0, 0.05) is 31.1 Å². The Morgan fingerprint density at radius 3 is 2.50 bits per heavy atom. The minimum Gasteiger partial charge on any atom is -0.443 e. The summed E-state index contributed by atoms with van der Waals surface area (Å²) < 4.78 is 5.77. The molecule has 3 N–H and O–H groups in total. The van der Waals surface area contributed by atoms with E-state index in [1.54, 1.807) is 19.3 Å². The van der Waals surface area contributed by atoms with Gasteiger partial charge >= 0.3 is 0 Å². The van der Waals surface area contributed by atoms with Gasteiger partial charge in [0.05, 0.1) is 12.7 Å². The maximum Gasteiger partial charge on any atom is 0.251 e. The monoisotopic (exact) mass is 499 g/mol. The summed E-state index contributed by atoms with van der Waals surface area (Å²) in [5.41, 5.74) is 1.57. The van der Waals surface area contributed by atoms with Crippen LogP contribution in [-0.2, 0) is 18.5 Å². The van der Waals surface area contributed by atoms with Gasteiger partial charge in [0.1, 0.15) is 5.76 Å².